The van der Waals surface area contributed by atoms with Crippen molar-refractivity contribution in [3.05, 3.63) is 30.1 Å². The number of hydrogen-bond donors (Lipinski definition) is 1. The van der Waals surface area contributed by atoms with Gasteiger partial charge in [-0.05, 0) is 51.1 Å². The molecule has 2 heterocycles. The van der Waals surface area contributed by atoms with Gasteiger partial charge < -0.3 is 9.84 Å². The maximum Gasteiger partial charge on any atom is 0.257 e. The van der Waals surface area contributed by atoms with Gasteiger partial charge in [0.1, 0.15) is 0 Å². The second-order valence-corrected chi connectivity index (χ2v) is 8.69. The molecule has 1 aliphatic rings. The highest BCUT2D eigenvalue weighted by Crippen LogP contribution is 2.24. The second-order valence-electron chi connectivity index (χ2n) is 6.75. The van der Waals surface area contributed by atoms with Crippen molar-refractivity contribution in [3.63, 3.8) is 0 Å². The van der Waals surface area contributed by atoms with Crippen molar-refractivity contribution in [1.29, 1.82) is 0 Å². The zero-order valence-corrected chi connectivity index (χ0v) is 17.4. The minimum absolute atomic E-state index is 0. The Kier molecular flexibility index (Phi) is 7.79. The van der Waals surface area contributed by atoms with Crippen LogP contribution in [0.4, 0.5) is 0 Å². The molecular formula is C18H27ClN4O3S. The summed E-state index contributed by atoms with van der Waals surface area (Å²) >= 11 is 0. The number of sulfonamides is 1. The number of benzene rings is 1. The van der Waals surface area contributed by atoms with Crippen LogP contribution in [0, 0.1) is 0 Å². The third-order valence-corrected chi connectivity index (χ3v) is 6.67. The maximum absolute atomic E-state index is 12.8. The maximum atomic E-state index is 12.8. The summed E-state index contributed by atoms with van der Waals surface area (Å²) in [6.07, 6.45) is 4.70. The molecule has 1 saturated heterocycles. The average molecular weight is 415 g/mol. The molecule has 1 aliphatic heterocycles. The molecule has 1 unspecified atom stereocenters. The van der Waals surface area contributed by atoms with Gasteiger partial charge in [0.2, 0.25) is 10.0 Å². The summed E-state index contributed by atoms with van der Waals surface area (Å²) in [4.78, 5) is 4.70. The molecule has 1 aromatic heterocycles. The second kappa shape index (κ2) is 9.64. The molecule has 0 saturated carbocycles. The fourth-order valence-electron chi connectivity index (χ4n) is 3.03. The van der Waals surface area contributed by atoms with Crippen LogP contribution >= 0.6 is 12.4 Å². The summed E-state index contributed by atoms with van der Waals surface area (Å²) in [6, 6.07) is 6.94. The topological polar surface area (TPSA) is 88.3 Å². The van der Waals surface area contributed by atoms with Crippen molar-refractivity contribution in [1.82, 2.24) is 19.8 Å². The van der Waals surface area contributed by atoms with Gasteiger partial charge >= 0.3 is 0 Å². The number of hydrogen-bond acceptors (Lipinski definition) is 6. The number of aromatic nitrogens is 2. The van der Waals surface area contributed by atoms with Crippen molar-refractivity contribution in [3.8, 4) is 11.5 Å². The van der Waals surface area contributed by atoms with E-state index in [1.165, 1.54) is 0 Å². The Balaban J connectivity index is 0.00000261. The first-order valence-electron chi connectivity index (χ1n) is 9.11. The van der Waals surface area contributed by atoms with Gasteiger partial charge in [0, 0.05) is 31.1 Å². The predicted octanol–water partition coefficient (Wildman–Crippen LogP) is 2.87. The Hall–Kier alpha value is -1.48. The Morgan fingerprint density at radius 2 is 1.78 bits per heavy atom. The summed E-state index contributed by atoms with van der Waals surface area (Å²) < 4.78 is 32.5. The number of nitrogens with zero attached hydrogens (tertiary/aromatic N) is 3. The van der Waals surface area contributed by atoms with Gasteiger partial charge in [0.25, 0.3) is 5.89 Å². The number of halogens is 1. The van der Waals surface area contributed by atoms with Gasteiger partial charge in [-0.15, -0.1) is 12.4 Å². The lowest BCUT2D eigenvalue weighted by molar-refractivity contribution is 0.418. The van der Waals surface area contributed by atoms with Crippen molar-refractivity contribution in [2.75, 3.05) is 20.1 Å². The van der Waals surface area contributed by atoms with Gasteiger partial charge in [-0.3, -0.25) is 0 Å². The Labute approximate surface area is 167 Å². The fourth-order valence-corrected chi connectivity index (χ4v) is 4.55. The molecule has 27 heavy (non-hydrogen) atoms. The molecule has 0 bridgehead atoms. The van der Waals surface area contributed by atoms with E-state index in [4.69, 9.17) is 4.52 Å². The average Bonchev–Trinajstić information content (AvgIpc) is 2.92. The zero-order valence-electron chi connectivity index (χ0n) is 15.7. The first-order valence-corrected chi connectivity index (χ1v) is 10.5. The molecular weight excluding hydrogens is 388 g/mol. The number of rotatable bonds is 6. The first kappa shape index (κ1) is 21.8. The van der Waals surface area contributed by atoms with E-state index in [0.29, 0.717) is 36.1 Å². The van der Waals surface area contributed by atoms with Crippen molar-refractivity contribution in [2.24, 2.45) is 0 Å². The lowest BCUT2D eigenvalue weighted by Crippen LogP contribution is -2.31. The minimum atomic E-state index is -3.44. The molecule has 2 aromatic rings. The molecule has 7 nitrogen and oxygen atoms in total. The van der Waals surface area contributed by atoms with Crippen molar-refractivity contribution < 1.29 is 12.9 Å². The van der Waals surface area contributed by atoms with E-state index in [9.17, 15) is 8.42 Å². The zero-order chi connectivity index (χ0) is 18.6. The third kappa shape index (κ3) is 5.28. The monoisotopic (exact) mass is 414 g/mol. The Morgan fingerprint density at radius 3 is 2.37 bits per heavy atom. The lowest BCUT2D eigenvalue weighted by Gasteiger charge is -2.19. The van der Waals surface area contributed by atoms with Gasteiger partial charge in [-0.2, -0.15) is 9.29 Å². The summed E-state index contributed by atoms with van der Waals surface area (Å²) in [7, 11) is -1.56. The van der Waals surface area contributed by atoms with Gasteiger partial charge in [0.05, 0.1) is 4.90 Å². The quantitative estimate of drug-likeness (QED) is 0.781. The van der Waals surface area contributed by atoms with E-state index in [2.05, 4.69) is 15.5 Å². The molecule has 3 rings (SSSR count). The van der Waals surface area contributed by atoms with E-state index in [1.54, 1.807) is 28.6 Å². The number of likely N-dealkylation sites (N-methyl/N-ethyl adjacent to an activating group) is 1. The lowest BCUT2D eigenvalue weighted by atomic mass is 10.2. The molecule has 1 N–H and O–H groups in total. The van der Waals surface area contributed by atoms with E-state index in [-0.39, 0.29) is 18.4 Å². The summed E-state index contributed by atoms with van der Waals surface area (Å²) in [5.74, 6) is 1.03. The SMILES string of the molecule is CNC(C)Cc1noc(-c2ccc(S(=O)(=O)N3CCCCCC3)cc2)n1.Cl. The van der Waals surface area contributed by atoms with Crippen LogP contribution in [0.1, 0.15) is 38.4 Å². The highest BCUT2D eigenvalue weighted by Gasteiger charge is 2.25. The molecule has 1 fully saturated rings. The van der Waals surface area contributed by atoms with Crippen LogP contribution in [0.3, 0.4) is 0 Å². The minimum Gasteiger partial charge on any atom is -0.334 e. The van der Waals surface area contributed by atoms with Crippen molar-refractivity contribution in [2.45, 2.75) is 50.0 Å². The van der Waals surface area contributed by atoms with Crippen LogP contribution in [0.2, 0.25) is 0 Å². The molecule has 1 atom stereocenters. The van der Waals surface area contributed by atoms with Gasteiger partial charge in [0.15, 0.2) is 5.82 Å². The van der Waals surface area contributed by atoms with E-state index >= 15 is 0 Å². The van der Waals surface area contributed by atoms with E-state index in [1.807, 2.05) is 14.0 Å². The smallest absolute Gasteiger partial charge is 0.257 e. The van der Waals surface area contributed by atoms with Crippen LogP contribution < -0.4 is 5.32 Å². The summed E-state index contributed by atoms with van der Waals surface area (Å²) in [6.45, 7) is 3.24. The molecule has 0 spiro atoms. The third-order valence-electron chi connectivity index (χ3n) is 4.75. The normalized spacial score (nSPS) is 17.1. The van der Waals surface area contributed by atoms with Gasteiger partial charge in [-0.1, -0.05) is 18.0 Å². The van der Waals surface area contributed by atoms with Crippen molar-refractivity contribution >= 4 is 22.4 Å². The number of nitrogens with one attached hydrogen (secondary N) is 1. The van der Waals surface area contributed by atoms with E-state index in [0.717, 1.165) is 31.2 Å². The van der Waals surface area contributed by atoms with Crippen LogP contribution in [0.15, 0.2) is 33.7 Å². The largest absolute Gasteiger partial charge is 0.334 e. The molecule has 1 aromatic carbocycles. The molecule has 0 radical (unpaired) electrons. The summed E-state index contributed by atoms with van der Waals surface area (Å²) in [5, 5.41) is 7.11. The van der Waals surface area contributed by atoms with Crippen LogP contribution in [0.25, 0.3) is 11.5 Å². The molecule has 0 aliphatic carbocycles. The van der Waals surface area contributed by atoms with E-state index < -0.39 is 10.0 Å². The first-order chi connectivity index (χ1) is 12.5. The van der Waals surface area contributed by atoms with Gasteiger partial charge in [-0.25, -0.2) is 8.42 Å². The molecule has 9 heteroatoms. The highest BCUT2D eigenvalue weighted by atomic mass is 35.5. The summed E-state index contributed by atoms with van der Waals surface area (Å²) in [5.41, 5.74) is 0.718. The van der Waals surface area contributed by atoms with Crippen LogP contribution in [0.5, 0.6) is 0 Å². The Bertz CT molecular complexity index is 815. The van der Waals surface area contributed by atoms with Crippen LogP contribution in [-0.4, -0.2) is 49.0 Å². The standard InChI is InChI=1S/C18H26N4O3S.ClH/c1-14(19-2)13-17-20-18(25-21-17)15-7-9-16(10-8-15)26(23,24)22-11-5-3-4-6-12-22;/h7-10,14,19H,3-6,11-13H2,1-2H3;1H. The Morgan fingerprint density at radius 1 is 1.15 bits per heavy atom. The molecule has 150 valence electrons. The predicted molar refractivity (Wildman–Crippen MR) is 106 cm³/mol. The van der Waals surface area contributed by atoms with Crippen LogP contribution in [-0.2, 0) is 16.4 Å². The fraction of sp³-hybridized carbons (Fsp3) is 0.556. The highest BCUT2D eigenvalue weighted by molar-refractivity contribution is 7.89. The molecule has 0 amide bonds.